The molecule has 302 valence electrons. The lowest BCUT2D eigenvalue weighted by Crippen LogP contribution is -2.49. The fraction of sp³-hybridized carbons (Fsp3) is 0.370. The summed E-state index contributed by atoms with van der Waals surface area (Å²) in [6, 6.07) is 22.4. The van der Waals surface area contributed by atoms with Gasteiger partial charge in [-0.3, -0.25) is 33.7 Å². The smallest absolute Gasteiger partial charge is 0.242 e. The normalized spacial score (nSPS) is 27.4. The van der Waals surface area contributed by atoms with E-state index in [0.29, 0.717) is 41.4 Å². The van der Waals surface area contributed by atoms with Crippen LogP contribution in [-0.2, 0) is 32.8 Å². The van der Waals surface area contributed by atoms with Crippen LogP contribution in [0.3, 0.4) is 0 Å². The summed E-state index contributed by atoms with van der Waals surface area (Å²) in [6.45, 7) is 6.23. The van der Waals surface area contributed by atoms with E-state index in [1.54, 1.807) is 46.2 Å². The van der Waals surface area contributed by atoms with Gasteiger partial charge in [-0.25, -0.2) is 4.90 Å². The first-order valence-electron chi connectivity index (χ1n) is 20.3. The Kier molecular flexibility index (Phi) is 9.21. The van der Waals surface area contributed by atoms with Gasteiger partial charge in [0.2, 0.25) is 23.6 Å². The van der Waals surface area contributed by atoms with Crippen molar-refractivity contribution in [2.75, 3.05) is 18.0 Å². The molecule has 10 rings (SSSR count). The summed E-state index contributed by atoms with van der Waals surface area (Å²) in [5.74, 6) is -3.92. The van der Waals surface area contributed by atoms with Gasteiger partial charge in [0.25, 0.3) is 0 Å². The van der Waals surface area contributed by atoms with Gasteiger partial charge in [-0.05, 0) is 97.9 Å². The molecule has 59 heavy (non-hydrogen) atoms. The average molecular weight is 849 g/mol. The third-order valence-corrected chi connectivity index (χ3v) is 15.8. The lowest BCUT2D eigenvalue weighted by molar-refractivity contribution is -0.144. The Labute approximate surface area is 356 Å². The molecule has 13 heteroatoms. The second-order valence-electron chi connectivity index (χ2n) is 17.1. The molecule has 5 aromatic rings. The van der Waals surface area contributed by atoms with Crippen molar-refractivity contribution in [3.8, 4) is 16.3 Å². The molecule has 5 aliphatic rings. The number of aromatic hydroxyl groups is 1. The van der Waals surface area contributed by atoms with E-state index in [2.05, 4.69) is 17.0 Å². The summed E-state index contributed by atoms with van der Waals surface area (Å²) in [6.07, 6.45) is 4.03. The Morgan fingerprint density at radius 3 is 2.42 bits per heavy atom. The number of phenolic OH excluding ortho intramolecular Hbond substituents is 1. The SMILES string of the molecule is Cc1c(-c2cc(N3C(=O)[C@@H]4C[C@@H]5C(=CC[C@@H]6C(=O)N(C7CCN(Cc8ccccc8)CC7)C(=O)[C@@H]65)[C@H](c5ccc(O)cc5Cl)[C@]4(C)C3=O)n(C)n2)sc2ccc(Cl)cc12. The van der Waals surface area contributed by atoms with Gasteiger partial charge in [0.1, 0.15) is 17.3 Å². The van der Waals surface area contributed by atoms with E-state index in [-0.39, 0.29) is 46.9 Å². The molecule has 3 saturated heterocycles. The van der Waals surface area contributed by atoms with Crippen molar-refractivity contribution in [2.24, 2.45) is 36.1 Å². The number of amides is 4. The van der Waals surface area contributed by atoms with Crippen molar-refractivity contribution >= 4 is 74.1 Å². The van der Waals surface area contributed by atoms with E-state index < -0.39 is 35.0 Å². The highest BCUT2D eigenvalue weighted by Gasteiger charge is 2.68. The van der Waals surface area contributed by atoms with Crippen LogP contribution in [0.2, 0.25) is 10.0 Å². The topological polar surface area (TPSA) is 116 Å². The quantitative estimate of drug-likeness (QED) is 0.135. The van der Waals surface area contributed by atoms with Gasteiger partial charge in [-0.2, -0.15) is 5.10 Å². The number of benzene rings is 3. The number of halogens is 2. The zero-order valence-corrected chi connectivity index (χ0v) is 35.2. The third kappa shape index (κ3) is 5.86. The monoisotopic (exact) mass is 847 g/mol. The summed E-state index contributed by atoms with van der Waals surface area (Å²) < 4.78 is 2.63. The van der Waals surface area contributed by atoms with E-state index in [1.165, 1.54) is 16.5 Å². The molecular formula is C46H43Cl2N5O5S. The summed E-state index contributed by atoms with van der Waals surface area (Å²) in [5, 5.41) is 17.1. The summed E-state index contributed by atoms with van der Waals surface area (Å²) in [7, 11) is 1.73. The van der Waals surface area contributed by atoms with E-state index >= 15 is 4.79 Å². The van der Waals surface area contributed by atoms with E-state index in [4.69, 9.17) is 28.3 Å². The lowest BCUT2D eigenvalue weighted by atomic mass is 9.51. The van der Waals surface area contributed by atoms with Crippen molar-refractivity contribution in [1.29, 1.82) is 0 Å². The van der Waals surface area contributed by atoms with Crippen molar-refractivity contribution in [3.05, 3.63) is 111 Å². The number of thiophene rings is 1. The number of nitrogens with zero attached hydrogens (tertiary/aromatic N) is 5. The van der Waals surface area contributed by atoms with Crippen molar-refractivity contribution in [1.82, 2.24) is 19.6 Å². The molecule has 4 fully saturated rings. The number of imide groups is 2. The van der Waals surface area contributed by atoms with Crippen LogP contribution in [0.4, 0.5) is 5.82 Å². The third-order valence-electron chi connectivity index (χ3n) is 14.0. The minimum Gasteiger partial charge on any atom is -0.508 e. The number of aromatic nitrogens is 2. The highest BCUT2D eigenvalue weighted by molar-refractivity contribution is 7.22. The highest BCUT2D eigenvalue weighted by atomic mass is 35.5. The number of piperidine rings is 1. The number of hydrogen-bond acceptors (Lipinski definition) is 8. The maximum atomic E-state index is 15.2. The summed E-state index contributed by atoms with van der Waals surface area (Å²) >= 11 is 14.9. The Hall–Kier alpha value is -4.81. The minimum absolute atomic E-state index is 0.0239. The zero-order valence-electron chi connectivity index (χ0n) is 32.9. The van der Waals surface area contributed by atoms with Crippen LogP contribution in [0, 0.1) is 36.0 Å². The van der Waals surface area contributed by atoms with Gasteiger partial charge in [-0.1, -0.05) is 71.2 Å². The van der Waals surface area contributed by atoms with Gasteiger partial charge in [-0.15, -0.1) is 11.3 Å². The molecule has 4 amide bonds. The van der Waals surface area contributed by atoms with Crippen LogP contribution < -0.4 is 4.90 Å². The number of anilines is 1. The standard InChI is InChI=1S/C46H43Cl2N5O5S/c1-24-32-19-26(47)9-14-37(32)59-41(24)36-22-38(50(3)49-36)53-43(56)34-21-33-29(40(46(34,2)45(53)58)30-11-10-28(54)20-35(30)48)12-13-31-39(33)44(57)52(42(31)55)27-15-17-51(18-16-27)23-25-7-5-4-6-8-25/h4-12,14,19-20,22,27,31,33-34,39-40,54H,13,15-18,21,23H2,1-3H3/t31-,33+,34-,39-,40+,46+/m0/s1. The molecular weight excluding hydrogens is 806 g/mol. The predicted octanol–water partition coefficient (Wildman–Crippen LogP) is 8.52. The van der Waals surface area contributed by atoms with Crippen LogP contribution >= 0.6 is 34.5 Å². The molecule has 1 saturated carbocycles. The largest absolute Gasteiger partial charge is 0.508 e. The number of carbonyl (C=O) groups excluding carboxylic acids is 4. The zero-order chi connectivity index (χ0) is 41.1. The van der Waals surface area contributed by atoms with Crippen LogP contribution in [0.5, 0.6) is 5.75 Å². The lowest BCUT2D eigenvalue weighted by Gasteiger charge is -2.49. The first-order chi connectivity index (χ1) is 28.3. The molecule has 0 unspecified atom stereocenters. The van der Waals surface area contributed by atoms with E-state index in [9.17, 15) is 19.5 Å². The molecule has 3 aromatic carbocycles. The predicted molar refractivity (Wildman–Crippen MR) is 228 cm³/mol. The number of likely N-dealkylation sites (tertiary alicyclic amines) is 2. The second-order valence-corrected chi connectivity index (χ2v) is 19.0. The number of hydrogen-bond donors (Lipinski definition) is 1. The maximum Gasteiger partial charge on any atom is 0.242 e. The molecule has 0 spiro atoms. The molecule has 0 bridgehead atoms. The van der Waals surface area contributed by atoms with Crippen LogP contribution in [-0.4, -0.2) is 67.4 Å². The number of fused-ring (bicyclic) bond motifs is 5. The highest BCUT2D eigenvalue weighted by Crippen LogP contribution is 2.64. The number of rotatable bonds is 6. The van der Waals surface area contributed by atoms with Crippen molar-refractivity contribution in [3.63, 3.8) is 0 Å². The summed E-state index contributed by atoms with van der Waals surface area (Å²) in [4.78, 5) is 65.4. The Morgan fingerprint density at radius 1 is 0.915 bits per heavy atom. The Balaban J connectivity index is 0.994. The van der Waals surface area contributed by atoms with Crippen LogP contribution in [0.15, 0.2) is 84.4 Å². The van der Waals surface area contributed by atoms with Gasteiger partial charge >= 0.3 is 0 Å². The molecule has 5 heterocycles. The number of carbonyl (C=O) groups is 4. The number of allylic oxidation sites excluding steroid dienone is 2. The van der Waals surface area contributed by atoms with Crippen molar-refractivity contribution < 1.29 is 24.3 Å². The van der Waals surface area contributed by atoms with E-state index in [0.717, 1.165) is 45.7 Å². The molecule has 1 N–H and O–H groups in total. The van der Waals surface area contributed by atoms with Crippen molar-refractivity contribution in [2.45, 2.75) is 58.0 Å². The van der Waals surface area contributed by atoms with Gasteiger partial charge in [0.15, 0.2) is 0 Å². The molecule has 0 radical (unpaired) electrons. The fourth-order valence-electron chi connectivity index (χ4n) is 11.1. The molecule has 2 aromatic heterocycles. The fourth-order valence-corrected chi connectivity index (χ4v) is 12.7. The second kappa shape index (κ2) is 14.1. The minimum atomic E-state index is -1.29. The maximum absolute atomic E-state index is 15.2. The molecule has 10 nitrogen and oxygen atoms in total. The Bertz CT molecular complexity index is 2630. The van der Waals surface area contributed by atoms with Gasteiger partial charge in [0.05, 0.1) is 28.0 Å². The summed E-state index contributed by atoms with van der Waals surface area (Å²) in [5.41, 5.74) is 3.03. The van der Waals surface area contributed by atoms with Gasteiger partial charge in [0, 0.05) is 59.5 Å². The molecule has 2 aliphatic carbocycles. The van der Waals surface area contributed by atoms with Gasteiger partial charge < -0.3 is 5.11 Å². The number of phenols is 1. The average Bonchev–Trinajstić information content (AvgIpc) is 3.89. The molecule has 3 aliphatic heterocycles. The van der Waals surface area contributed by atoms with E-state index in [1.807, 2.05) is 56.3 Å². The van der Waals surface area contributed by atoms with Crippen LogP contribution in [0.1, 0.15) is 55.2 Å². The molecule has 6 atom stereocenters. The van der Waals surface area contributed by atoms with Crippen LogP contribution in [0.25, 0.3) is 20.7 Å². The first-order valence-corrected chi connectivity index (χ1v) is 21.8. The Morgan fingerprint density at radius 2 is 1.68 bits per heavy atom. The first kappa shape index (κ1) is 38.4. The number of aryl methyl sites for hydroxylation is 2.